The average Bonchev–Trinajstić information content (AvgIpc) is 1.95. The van der Waals surface area contributed by atoms with Crippen LogP contribution in [-0.4, -0.2) is 5.21 Å². The van der Waals surface area contributed by atoms with Gasteiger partial charge in [0, 0.05) is 11.0 Å². The molecule has 0 fully saturated rings. The standard InChI is InChI=1S/C7H8BrNO/c8-7-3-1-6(2-4-7)5-9-10/h1-4,9-10H,5H2. The summed E-state index contributed by atoms with van der Waals surface area (Å²) in [5, 5.41) is 8.33. The molecule has 0 radical (unpaired) electrons. The molecule has 0 aliphatic heterocycles. The summed E-state index contributed by atoms with van der Waals surface area (Å²) in [7, 11) is 0. The highest BCUT2D eigenvalue weighted by Gasteiger charge is 1.89. The minimum atomic E-state index is 0.493. The Morgan fingerprint density at radius 3 is 2.40 bits per heavy atom. The maximum Gasteiger partial charge on any atom is 0.0458 e. The topological polar surface area (TPSA) is 32.3 Å². The molecular formula is C7H8BrNO. The van der Waals surface area contributed by atoms with E-state index in [9.17, 15) is 0 Å². The highest BCUT2D eigenvalue weighted by atomic mass is 79.9. The summed E-state index contributed by atoms with van der Waals surface area (Å²) in [6, 6.07) is 7.75. The first-order valence-corrected chi connectivity index (χ1v) is 3.73. The van der Waals surface area contributed by atoms with Crippen molar-refractivity contribution >= 4 is 15.9 Å². The highest BCUT2D eigenvalue weighted by Crippen LogP contribution is 2.09. The molecule has 2 N–H and O–H groups in total. The van der Waals surface area contributed by atoms with Gasteiger partial charge in [-0.2, -0.15) is 0 Å². The van der Waals surface area contributed by atoms with E-state index < -0.39 is 0 Å². The van der Waals surface area contributed by atoms with Crippen LogP contribution in [0.5, 0.6) is 0 Å². The first-order chi connectivity index (χ1) is 4.83. The van der Waals surface area contributed by atoms with Gasteiger partial charge in [0.05, 0.1) is 0 Å². The number of nitrogens with one attached hydrogen (secondary N) is 1. The van der Waals surface area contributed by atoms with Crippen molar-refractivity contribution in [2.24, 2.45) is 0 Å². The predicted molar refractivity (Wildman–Crippen MR) is 42.8 cm³/mol. The van der Waals surface area contributed by atoms with Crippen LogP contribution in [0.25, 0.3) is 0 Å². The lowest BCUT2D eigenvalue weighted by Gasteiger charge is -1.97. The van der Waals surface area contributed by atoms with Crippen molar-refractivity contribution < 1.29 is 5.21 Å². The third kappa shape index (κ3) is 2.10. The number of hydroxylamine groups is 1. The van der Waals surface area contributed by atoms with Crippen LogP contribution in [0.15, 0.2) is 28.7 Å². The summed E-state index contributed by atoms with van der Waals surface area (Å²) >= 11 is 3.31. The lowest BCUT2D eigenvalue weighted by molar-refractivity contribution is 0.161. The Bertz CT molecular complexity index is 197. The molecule has 0 spiro atoms. The largest absolute Gasteiger partial charge is 0.316 e. The number of rotatable bonds is 2. The number of hydrogen-bond donors (Lipinski definition) is 2. The molecule has 1 aromatic carbocycles. The smallest absolute Gasteiger partial charge is 0.0458 e. The Balaban J connectivity index is 2.69. The number of benzene rings is 1. The van der Waals surface area contributed by atoms with Crippen LogP contribution in [0.1, 0.15) is 5.56 Å². The Morgan fingerprint density at radius 2 is 1.90 bits per heavy atom. The molecule has 1 aromatic rings. The molecule has 0 amide bonds. The van der Waals surface area contributed by atoms with Crippen molar-refractivity contribution in [2.45, 2.75) is 6.54 Å². The molecule has 0 aliphatic carbocycles. The van der Waals surface area contributed by atoms with Gasteiger partial charge in [-0.05, 0) is 17.7 Å². The van der Waals surface area contributed by atoms with Gasteiger partial charge in [0.15, 0.2) is 0 Å². The van der Waals surface area contributed by atoms with E-state index in [1.54, 1.807) is 0 Å². The van der Waals surface area contributed by atoms with Crippen LogP contribution in [0, 0.1) is 0 Å². The van der Waals surface area contributed by atoms with E-state index in [0.29, 0.717) is 6.54 Å². The van der Waals surface area contributed by atoms with Crippen molar-refractivity contribution in [3.8, 4) is 0 Å². The van der Waals surface area contributed by atoms with Crippen LogP contribution < -0.4 is 5.48 Å². The van der Waals surface area contributed by atoms with Gasteiger partial charge >= 0.3 is 0 Å². The van der Waals surface area contributed by atoms with Crippen LogP contribution in [-0.2, 0) is 6.54 Å². The first kappa shape index (κ1) is 7.72. The monoisotopic (exact) mass is 201 g/mol. The van der Waals surface area contributed by atoms with Gasteiger partial charge < -0.3 is 5.21 Å². The quantitative estimate of drug-likeness (QED) is 0.718. The van der Waals surface area contributed by atoms with Gasteiger partial charge in [-0.25, -0.2) is 5.48 Å². The summed E-state index contributed by atoms with van der Waals surface area (Å²) in [6.07, 6.45) is 0. The van der Waals surface area contributed by atoms with E-state index >= 15 is 0 Å². The van der Waals surface area contributed by atoms with E-state index in [1.807, 2.05) is 24.3 Å². The minimum Gasteiger partial charge on any atom is -0.316 e. The van der Waals surface area contributed by atoms with Crippen molar-refractivity contribution in [1.82, 2.24) is 5.48 Å². The Kier molecular flexibility index (Phi) is 2.86. The lowest BCUT2D eigenvalue weighted by Crippen LogP contribution is -2.05. The number of hydrogen-bond acceptors (Lipinski definition) is 2. The van der Waals surface area contributed by atoms with E-state index in [-0.39, 0.29) is 0 Å². The first-order valence-electron chi connectivity index (χ1n) is 2.94. The van der Waals surface area contributed by atoms with E-state index in [0.717, 1.165) is 10.0 Å². The summed E-state index contributed by atoms with van der Waals surface area (Å²) < 4.78 is 1.05. The molecule has 0 aliphatic rings. The molecule has 0 unspecified atom stereocenters. The van der Waals surface area contributed by atoms with Crippen molar-refractivity contribution in [3.63, 3.8) is 0 Å². The second kappa shape index (κ2) is 3.71. The second-order valence-electron chi connectivity index (χ2n) is 1.96. The molecule has 0 bridgehead atoms. The molecule has 54 valence electrons. The van der Waals surface area contributed by atoms with Crippen molar-refractivity contribution in [1.29, 1.82) is 0 Å². The molecule has 0 saturated heterocycles. The van der Waals surface area contributed by atoms with Gasteiger partial charge in [0.2, 0.25) is 0 Å². The zero-order valence-electron chi connectivity index (χ0n) is 5.34. The van der Waals surface area contributed by atoms with Gasteiger partial charge in [-0.1, -0.05) is 28.1 Å². The molecule has 2 nitrogen and oxygen atoms in total. The number of halogens is 1. The zero-order chi connectivity index (χ0) is 7.40. The van der Waals surface area contributed by atoms with Crippen LogP contribution in [0.2, 0.25) is 0 Å². The fraction of sp³-hybridized carbons (Fsp3) is 0.143. The molecule has 0 saturated carbocycles. The zero-order valence-corrected chi connectivity index (χ0v) is 6.93. The highest BCUT2D eigenvalue weighted by molar-refractivity contribution is 9.10. The third-order valence-electron chi connectivity index (χ3n) is 1.20. The molecule has 1 rings (SSSR count). The van der Waals surface area contributed by atoms with Crippen molar-refractivity contribution in [2.75, 3.05) is 0 Å². The van der Waals surface area contributed by atoms with Gasteiger partial charge in [0.25, 0.3) is 0 Å². The summed E-state index contributed by atoms with van der Waals surface area (Å²) in [4.78, 5) is 0. The van der Waals surface area contributed by atoms with E-state index in [4.69, 9.17) is 5.21 Å². The molecule has 3 heteroatoms. The van der Waals surface area contributed by atoms with Crippen LogP contribution in [0.3, 0.4) is 0 Å². The average molecular weight is 202 g/mol. The van der Waals surface area contributed by atoms with Gasteiger partial charge in [-0.15, -0.1) is 0 Å². The van der Waals surface area contributed by atoms with Gasteiger partial charge in [0.1, 0.15) is 0 Å². The van der Waals surface area contributed by atoms with Crippen molar-refractivity contribution in [3.05, 3.63) is 34.3 Å². The second-order valence-corrected chi connectivity index (χ2v) is 2.88. The Morgan fingerprint density at radius 1 is 1.30 bits per heavy atom. The molecule has 0 atom stereocenters. The maximum absolute atomic E-state index is 8.33. The van der Waals surface area contributed by atoms with E-state index in [2.05, 4.69) is 21.4 Å². The molecule has 10 heavy (non-hydrogen) atoms. The van der Waals surface area contributed by atoms with E-state index in [1.165, 1.54) is 0 Å². The fourth-order valence-electron chi connectivity index (χ4n) is 0.694. The fourth-order valence-corrected chi connectivity index (χ4v) is 0.958. The summed E-state index contributed by atoms with van der Waals surface area (Å²) in [6.45, 7) is 0.493. The SMILES string of the molecule is ONCc1ccc(Br)cc1. The Labute approximate surface area is 68.0 Å². The van der Waals surface area contributed by atoms with Crippen LogP contribution in [0.4, 0.5) is 0 Å². The Hall–Kier alpha value is -0.380. The summed E-state index contributed by atoms with van der Waals surface area (Å²) in [5.74, 6) is 0. The molecule has 0 aromatic heterocycles. The predicted octanol–water partition coefficient (Wildman–Crippen LogP) is 1.93. The lowest BCUT2D eigenvalue weighted by atomic mass is 10.2. The molecular weight excluding hydrogens is 194 g/mol. The summed E-state index contributed by atoms with van der Waals surface area (Å²) in [5.41, 5.74) is 3.15. The minimum absolute atomic E-state index is 0.493. The molecule has 0 heterocycles. The normalized spacial score (nSPS) is 9.80. The third-order valence-corrected chi connectivity index (χ3v) is 1.73. The van der Waals surface area contributed by atoms with Crippen LogP contribution >= 0.6 is 15.9 Å². The van der Waals surface area contributed by atoms with Gasteiger partial charge in [-0.3, -0.25) is 0 Å². The maximum atomic E-state index is 8.33.